The average Bonchev–Trinajstić information content (AvgIpc) is 3.39. The molecule has 0 radical (unpaired) electrons. The zero-order valence-electron chi connectivity index (χ0n) is 16.1. The van der Waals surface area contributed by atoms with E-state index >= 15 is 0 Å². The van der Waals surface area contributed by atoms with Crippen LogP contribution in [0.5, 0.6) is 0 Å². The maximum atomic E-state index is 12.7. The minimum absolute atomic E-state index is 0.0320. The second-order valence-corrected chi connectivity index (χ2v) is 7.35. The van der Waals surface area contributed by atoms with Crippen molar-refractivity contribution in [2.45, 2.75) is 31.8 Å². The second-order valence-electron chi connectivity index (χ2n) is 7.35. The van der Waals surface area contributed by atoms with E-state index in [1.165, 1.54) is 0 Å². The first-order chi connectivity index (χ1) is 13.7. The summed E-state index contributed by atoms with van der Waals surface area (Å²) >= 11 is 0. The highest BCUT2D eigenvalue weighted by molar-refractivity contribution is 5.75. The van der Waals surface area contributed by atoms with E-state index in [2.05, 4.69) is 20.6 Å². The topological polar surface area (TPSA) is 78.8 Å². The highest BCUT2D eigenvalue weighted by Gasteiger charge is 2.21. The van der Waals surface area contributed by atoms with Gasteiger partial charge >= 0.3 is 0 Å². The van der Waals surface area contributed by atoms with Crippen LogP contribution in [0.1, 0.15) is 30.1 Å². The van der Waals surface area contributed by atoms with Gasteiger partial charge in [0.1, 0.15) is 6.54 Å². The van der Waals surface area contributed by atoms with E-state index in [-0.39, 0.29) is 12.5 Å². The number of piperidine rings is 1. The third kappa shape index (κ3) is 4.14. The second kappa shape index (κ2) is 8.39. The molecule has 28 heavy (non-hydrogen) atoms. The molecule has 1 saturated heterocycles. The van der Waals surface area contributed by atoms with Crippen molar-refractivity contribution in [3.05, 3.63) is 60.0 Å². The highest BCUT2D eigenvalue weighted by Crippen LogP contribution is 2.23. The number of aromatic nitrogens is 4. The first-order valence-corrected chi connectivity index (χ1v) is 9.77. The largest absolute Gasteiger partial charge is 0.338 e. The van der Waals surface area contributed by atoms with Crippen LogP contribution in [0.25, 0.3) is 11.3 Å². The summed E-state index contributed by atoms with van der Waals surface area (Å²) in [4.78, 5) is 14.5. The minimum Gasteiger partial charge on any atom is -0.338 e. The number of carbonyl (C=O) groups excluding carboxylic acids is 1. The molecule has 3 aromatic rings. The van der Waals surface area contributed by atoms with Crippen LogP contribution in [0.4, 0.5) is 0 Å². The van der Waals surface area contributed by atoms with Crippen LogP contribution >= 0.6 is 0 Å². The molecule has 7 nitrogen and oxygen atoms in total. The maximum Gasteiger partial charge on any atom is 0.244 e. The number of amides is 1. The molecule has 0 aliphatic carbocycles. The molecule has 2 aromatic heterocycles. The lowest BCUT2D eigenvalue weighted by Gasteiger charge is -2.24. The van der Waals surface area contributed by atoms with Crippen molar-refractivity contribution in [3.8, 4) is 11.3 Å². The van der Waals surface area contributed by atoms with Crippen molar-refractivity contribution in [1.82, 2.24) is 30.2 Å². The van der Waals surface area contributed by atoms with Gasteiger partial charge in [0.25, 0.3) is 0 Å². The van der Waals surface area contributed by atoms with Gasteiger partial charge in [0.15, 0.2) is 0 Å². The number of hydrogen-bond donors (Lipinski definition) is 2. The van der Waals surface area contributed by atoms with Gasteiger partial charge in [0.05, 0.1) is 17.9 Å². The first kappa shape index (κ1) is 18.4. The van der Waals surface area contributed by atoms with Gasteiger partial charge in [-0.15, -0.1) is 0 Å². The third-order valence-corrected chi connectivity index (χ3v) is 5.28. The van der Waals surface area contributed by atoms with Gasteiger partial charge in [-0.1, -0.05) is 30.3 Å². The van der Waals surface area contributed by atoms with Crippen molar-refractivity contribution >= 4 is 5.91 Å². The van der Waals surface area contributed by atoms with E-state index in [1.54, 1.807) is 11.1 Å². The smallest absolute Gasteiger partial charge is 0.244 e. The van der Waals surface area contributed by atoms with Gasteiger partial charge in [0.2, 0.25) is 5.91 Å². The lowest BCUT2D eigenvalue weighted by atomic mass is 9.96. The number of benzene rings is 1. The Balaban J connectivity index is 1.38. The van der Waals surface area contributed by atoms with Gasteiger partial charge in [-0.3, -0.25) is 14.6 Å². The van der Waals surface area contributed by atoms with E-state index in [0.29, 0.717) is 12.5 Å². The van der Waals surface area contributed by atoms with Crippen molar-refractivity contribution < 1.29 is 4.79 Å². The number of rotatable bonds is 6. The van der Waals surface area contributed by atoms with E-state index in [0.717, 1.165) is 48.6 Å². The lowest BCUT2D eigenvalue weighted by Crippen LogP contribution is -2.33. The van der Waals surface area contributed by atoms with E-state index < -0.39 is 0 Å². The van der Waals surface area contributed by atoms with Gasteiger partial charge in [0, 0.05) is 37.0 Å². The summed E-state index contributed by atoms with van der Waals surface area (Å²) in [5.41, 5.74) is 3.99. The molecule has 1 unspecified atom stereocenters. The normalized spacial score (nSPS) is 16.8. The van der Waals surface area contributed by atoms with Crippen LogP contribution in [0.2, 0.25) is 0 Å². The van der Waals surface area contributed by atoms with Crippen molar-refractivity contribution in [3.63, 3.8) is 0 Å². The number of hydrogen-bond acceptors (Lipinski definition) is 4. The Kier molecular flexibility index (Phi) is 5.53. The zero-order chi connectivity index (χ0) is 19.3. The predicted molar refractivity (Wildman–Crippen MR) is 108 cm³/mol. The summed E-state index contributed by atoms with van der Waals surface area (Å²) in [5, 5.41) is 15.2. The Morgan fingerprint density at radius 3 is 2.93 bits per heavy atom. The molecule has 1 aromatic carbocycles. The van der Waals surface area contributed by atoms with Gasteiger partial charge in [-0.05, 0) is 31.5 Å². The number of nitrogens with one attached hydrogen (secondary N) is 2. The molecule has 1 aliphatic rings. The number of H-pyrrole nitrogens is 1. The molecule has 1 atom stereocenters. The summed E-state index contributed by atoms with van der Waals surface area (Å²) in [6.45, 7) is 2.77. The number of nitrogens with zero attached hydrogens (tertiary/aromatic N) is 4. The fraction of sp³-hybridized carbons (Fsp3) is 0.381. The lowest BCUT2D eigenvalue weighted by molar-refractivity contribution is -0.131. The first-order valence-electron chi connectivity index (χ1n) is 9.77. The molecule has 1 amide bonds. The van der Waals surface area contributed by atoms with Crippen molar-refractivity contribution in [2.75, 3.05) is 20.1 Å². The van der Waals surface area contributed by atoms with Gasteiger partial charge in [-0.2, -0.15) is 10.2 Å². The molecule has 4 rings (SSSR count). The SMILES string of the molecule is CN(Cc1cc(-c2ccccc2)n[nH]1)C(=O)Cn1nccc1C1CCCNC1. The highest BCUT2D eigenvalue weighted by atomic mass is 16.2. The Morgan fingerprint density at radius 1 is 1.29 bits per heavy atom. The minimum atomic E-state index is 0.0320. The Labute approximate surface area is 164 Å². The van der Waals surface area contributed by atoms with Crippen LogP contribution in [-0.4, -0.2) is 50.9 Å². The summed E-state index contributed by atoms with van der Waals surface area (Å²) in [6, 6.07) is 14.0. The van der Waals surface area contributed by atoms with Gasteiger partial charge < -0.3 is 10.2 Å². The summed E-state index contributed by atoms with van der Waals surface area (Å²) in [7, 11) is 1.82. The fourth-order valence-corrected chi connectivity index (χ4v) is 3.72. The Bertz CT molecular complexity index is 910. The summed E-state index contributed by atoms with van der Waals surface area (Å²) in [6.07, 6.45) is 4.09. The third-order valence-electron chi connectivity index (χ3n) is 5.28. The van der Waals surface area contributed by atoms with E-state index in [1.807, 2.05) is 54.2 Å². The molecule has 3 heterocycles. The maximum absolute atomic E-state index is 12.7. The van der Waals surface area contributed by atoms with E-state index in [4.69, 9.17) is 0 Å². The summed E-state index contributed by atoms with van der Waals surface area (Å²) in [5.74, 6) is 0.458. The molecular formula is C21H26N6O. The number of likely N-dealkylation sites (N-methyl/N-ethyl adjacent to an activating group) is 1. The molecular weight excluding hydrogens is 352 g/mol. The molecule has 0 spiro atoms. The van der Waals surface area contributed by atoms with Crippen LogP contribution in [0.15, 0.2) is 48.7 Å². The van der Waals surface area contributed by atoms with E-state index in [9.17, 15) is 4.79 Å². The molecule has 146 valence electrons. The quantitative estimate of drug-likeness (QED) is 0.690. The number of aromatic amines is 1. The molecule has 2 N–H and O–H groups in total. The standard InChI is InChI=1S/C21H26N6O/c1-26(14-18-12-19(25-24-18)16-6-3-2-4-7-16)21(28)15-27-20(9-11-23-27)17-8-5-10-22-13-17/h2-4,6-7,9,11-12,17,22H,5,8,10,13-15H2,1H3,(H,24,25). The molecule has 0 saturated carbocycles. The van der Waals surface area contributed by atoms with Crippen LogP contribution in [0, 0.1) is 0 Å². The van der Waals surface area contributed by atoms with Crippen LogP contribution in [0.3, 0.4) is 0 Å². The molecule has 7 heteroatoms. The fourth-order valence-electron chi connectivity index (χ4n) is 3.72. The predicted octanol–water partition coefficient (Wildman–Crippen LogP) is 2.40. The van der Waals surface area contributed by atoms with Crippen molar-refractivity contribution in [2.24, 2.45) is 0 Å². The molecule has 1 aliphatic heterocycles. The Morgan fingerprint density at radius 2 is 2.14 bits per heavy atom. The van der Waals surface area contributed by atoms with Gasteiger partial charge in [-0.25, -0.2) is 0 Å². The zero-order valence-corrected chi connectivity index (χ0v) is 16.1. The van der Waals surface area contributed by atoms with Crippen LogP contribution in [-0.2, 0) is 17.9 Å². The number of carbonyl (C=O) groups is 1. The van der Waals surface area contributed by atoms with Crippen molar-refractivity contribution in [1.29, 1.82) is 0 Å². The Hall–Kier alpha value is -2.93. The average molecular weight is 378 g/mol. The molecule has 1 fully saturated rings. The van der Waals surface area contributed by atoms with Crippen LogP contribution < -0.4 is 5.32 Å². The monoisotopic (exact) mass is 378 g/mol. The summed E-state index contributed by atoms with van der Waals surface area (Å²) < 4.78 is 1.85. The molecule has 0 bridgehead atoms.